The van der Waals surface area contributed by atoms with Gasteiger partial charge in [0.15, 0.2) is 0 Å². The monoisotopic (exact) mass is 367 g/mol. The lowest BCUT2D eigenvalue weighted by atomic mass is 9.95. The molecule has 1 fully saturated rings. The van der Waals surface area contributed by atoms with Crippen molar-refractivity contribution >= 4 is 33.3 Å². The maximum absolute atomic E-state index is 12.6. The van der Waals surface area contributed by atoms with Gasteiger partial charge in [-0.2, -0.15) is 0 Å². The number of aromatic amines is 1. The highest BCUT2D eigenvalue weighted by Crippen LogP contribution is 2.43. The van der Waals surface area contributed by atoms with Crippen molar-refractivity contribution < 1.29 is 9.53 Å². The second-order valence-corrected chi connectivity index (χ2v) is 8.11. The number of imidazole rings is 1. The Morgan fingerprint density at radius 2 is 2.12 bits per heavy atom. The van der Waals surface area contributed by atoms with Crippen LogP contribution in [0.1, 0.15) is 36.1 Å². The lowest BCUT2D eigenvalue weighted by Crippen LogP contribution is -2.26. The van der Waals surface area contributed by atoms with Crippen molar-refractivity contribution in [2.75, 3.05) is 11.9 Å². The van der Waals surface area contributed by atoms with Gasteiger partial charge in [-0.05, 0) is 56.2 Å². The van der Waals surface area contributed by atoms with Gasteiger partial charge in [0.25, 0.3) is 5.91 Å². The summed E-state index contributed by atoms with van der Waals surface area (Å²) in [6, 6.07) is 8.05. The van der Waals surface area contributed by atoms with Gasteiger partial charge in [0.2, 0.25) is 0 Å². The summed E-state index contributed by atoms with van der Waals surface area (Å²) < 4.78 is 5.55. The minimum Gasteiger partial charge on any atom is -0.368 e. The maximum Gasteiger partial charge on any atom is 0.254 e. The number of hydrogen-bond donors (Lipinski definition) is 2. The van der Waals surface area contributed by atoms with E-state index in [0.717, 1.165) is 53.1 Å². The number of carbonyl (C=O) groups excluding carboxylic acids is 1. The van der Waals surface area contributed by atoms with Crippen molar-refractivity contribution in [3.8, 4) is 11.4 Å². The predicted molar refractivity (Wildman–Crippen MR) is 104 cm³/mol. The smallest absolute Gasteiger partial charge is 0.254 e. The van der Waals surface area contributed by atoms with Crippen LogP contribution < -0.4 is 5.32 Å². The van der Waals surface area contributed by atoms with Gasteiger partial charge in [0, 0.05) is 11.5 Å². The molecular formula is C20H21N3O2S. The van der Waals surface area contributed by atoms with E-state index in [1.165, 1.54) is 23.3 Å². The van der Waals surface area contributed by atoms with Gasteiger partial charge < -0.3 is 15.0 Å². The van der Waals surface area contributed by atoms with Crippen LogP contribution in [0.5, 0.6) is 0 Å². The van der Waals surface area contributed by atoms with Crippen LogP contribution in [-0.4, -0.2) is 28.6 Å². The number of thiophene rings is 1. The topological polar surface area (TPSA) is 67.0 Å². The van der Waals surface area contributed by atoms with Crippen LogP contribution in [0.4, 0.5) is 5.00 Å². The third-order valence-electron chi connectivity index (χ3n) is 5.26. The predicted octanol–water partition coefficient (Wildman–Crippen LogP) is 4.29. The van der Waals surface area contributed by atoms with Gasteiger partial charge in [-0.1, -0.05) is 12.1 Å². The number of para-hydroxylation sites is 2. The minimum absolute atomic E-state index is 0.0292. The van der Waals surface area contributed by atoms with Crippen LogP contribution in [0.25, 0.3) is 22.4 Å². The Morgan fingerprint density at radius 3 is 2.96 bits per heavy atom. The number of aromatic nitrogens is 2. The Labute approximate surface area is 155 Å². The second kappa shape index (κ2) is 6.52. The standard InChI is InChI=1S/C20H21N3O2S/c24-19(15-9-5-11-25-15)23-20-17(12-6-1-4-10-16(12)26-20)18-21-13-7-2-3-8-14(13)22-18/h2-3,7-8,15H,1,4-6,9-11H2,(H,21,22)(H,23,24)/t15-/m0/s1. The van der Waals surface area contributed by atoms with E-state index in [1.807, 2.05) is 24.3 Å². The van der Waals surface area contributed by atoms with Gasteiger partial charge in [-0.15, -0.1) is 11.3 Å². The van der Waals surface area contributed by atoms with E-state index in [9.17, 15) is 4.79 Å². The zero-order chi connectivity index (χ0) is 17.5. The summed E-state index contributed by atoms with van der Waals surface area (Å²) in [5, 5.41) is 4.06. The van der Waals surface area contributed by atoms with E-state index in [-0.39, 0.29) is 12.0 Å². The van der Waals surface area contributed by atoms with E-state index < -0.39 is 0 Å². The number of nitrogens with one attached hydrogen (secondary N) is 2. The summed E-state index contributed by atoms with van der Waals surface area (Å²) in [4.78, 5) is 22.2. The summed E-state index contributed by atoms with van der Waals surface area (Å²) in [5.74, 6) is 0.826. The summed E-state index contributed by atoms with van der Waals surface area (Å²) in [6.45, 7) is 0.676. The fraction of sp³-hybridized carbons (Fsp3) is 0.400. The quantitative estimate of drug-likeness (QED) is 0.726. The Hall–Kier alpha value is -2.18. The SMILES string of the molecule is O=C(Nc1sc2c(c1-c1nc3ccccc3[nH]1)CCCC2)[C@@H]1CCCO1. The molecular weight excluding hydrogens is 346 g/mol. The number of anilines is 1. The minimum atomic E-state index is -0.322. The molecule has 2 aromatic heterocycles. The number of ether oxygens (including phenoxy) is 1. The van der Waals surface area contributed by atoms with Crippen LogP contribution in [-0.2, 0) is 22.4 Å². The van der Waals surface area contributed by atoms with Crippen LogP contribution in [0.3, 0.4) is 0 Å². The third-order valence-corrected chi connectivity index (χ3v) is 6.46. The van der Waals surface area contributed by atoms with Crippen LogP contribution in [0.2, 0.25) is 0 Å². The third kappa shape index (κ3) is 2.73. The average molecular weight is 367 g/mol. The first-order valence-electron chi connectivity index (χ1n) is 9.32. The first-order chi connectivity index (χ1) is 12.8. The van der Waals surface area contributed by atoms with Gasteiger partial charge >= 0.3 is 0 Å². The zero-order valence-electron chi connectivity index (χ0n) is 14.5. The molecule has 2 aliphatic rings. The molecule has 1 aromatic carbocycles. The average Bonchev–Trinajstić information content (AvgIpc) is 3.38. The Bertz CT molecular complexity index is 936. The molecule has 6 heteroatoms. The summed E-state index contributed by atoms with van der Waals surface area (Å²) >= 11 is 1.71. The van der Waals surface area contributed by atoms with E-state index in [2.05, 4.69) is 10.3 Å². The van der Waals surface area contributed by atoms with Crippen molar-refractivity contribution in [1.82, 2.24) is 9.97 Å². The summed E-state index contributed by atoms with van der Waals surface area (Å²) in [5.41, 5.74) is 4.40. The highest BCUT2D eigenvalue weighted by atomic mass is 32.1. The fourth-order valence-electron chi connectivity index (χ4n) is 3.95. The van der Waals surface area contributed by atoms with Crippen molar-refractivity contribution in [1.29, 1.82) is 0 Å². The van der Waals surface area contributed by atoms with Crippen molar-refractivity contribution in [2.45, 2.75) is 44.6 Å². The summed E-state index contributed by atoms with van der Waals surface area (Å²) in [6.07, 6.45) is 5.98. The first kappa shape index (κ1) is 16.0. The number of hydrogen-bond acceptors (Lipinski definition) is 4. The molecule has 1 aliphatic carbocycles. The number of H-pyrrole nitrogens is 1. The normalized spacial score (nSPS) is 19.6. The van der Waals surface area contributed by atoms with E-state index >= 15 is 0 Å². The molecule has 2 N–H and O–H groups in total. The molecule has 3 aromatic rings. The number of rotatable bonds is 3. The molecule has 134 valence electrons. The molecule has 0 spiro atoms. The second-order valence-electron chi connectivity index (χ2n) is 7.01. The molecule has 0 radical (unpaired) electrons. The van der Waals surface area contributed by atoms with Crippen molar-refractivity contribution in [3.63, 3.8) is 0 Å². The molecule has 0 saturated carbocycles. The maximum atomic E-state index is 12.6. The molecule has 0 unspecified atom stereocenters. The van der Waals surface area contributed by atoms with Gasteiger partial charge in [-0.25, -0.2) is 4.98 Å². The number of fused-ring (bicyclic) bond motifs is 2. The van der Waals surface area contributed by atoms with E-state index in [4.69, 9.17) is 9.72 Å². The Kier molecular flexibility index (Phi) is 4.02. The highest BCUT2D eigenvalue weighted by Gasteiger charge is 2.28. The number of aryl methyl sites for hydroxylation is 1. The molecule has 0 bridgehead atoms. The molecule has 1 atom stereocenters. The van der Waals surface area contributed by atoms with Crippen LogP contribution >= 0.6 is 11.3 Å². The Balaban J connectivity index is 1.58. The molecule has 1 aliphatic heterocycles. The molecule has 1 amide bonds. The number of nitrogens with zero attached hydrogens (tertiary/aromatic N) is 1. The summed E-state index contributed by atoms with van der Waals surface area (Å²) in [7, 11) is 0. The van der Waals surface area contributed by atoms with Gasteiger partial charge in [-0.3, -0.25) is 4.79 Å². The van der Waals surface area contributed by atoms with Crippen LogP contribution in [0.15, 0.2) is 24.3 Å². The van der Waals surface area contributed by atoms with Crippen molar-refractivity contribution in [2.24, 2.45) is 0 Å². The number of amides is 1. The van der Waals surface area contributed by atoms with E-state index in [0.29, 0.717) is 6.61 Å². The number of benzene rings is 1. The van der Waals surface area contributed by atoms with Gasteiger partial charge in [0.1, 0.15) is 16.9 Å². The fourth-order valence-corrected chi connectivity index (χ4v) is 5.25. The lowest BCUT2D eigenvalue weighted by molar-refractivity contribution is -0.124. The van der Waals surface area contributed by atoms with Crippen LogP contribution in [0, 0.1) is 0 Å². The molecule has 5 rings (SSSR count). The zero-order valence-corrected chi connectivity index (χ0v) is 15.3. The molecule has 5 nitrogen and oxygen atoms in total. The van der Waals surface area contributed by atoms with Gasteiger partial charge in [0.05, 0.1) is 16.6 Å². The molecule has 3 heterocycles. The molecule has 26 heavy (non-hydrogen) atoms. The number of carbonyl (C=O) groups is 1. The van der Waals surface area contributed by atoms with Crippen molar-refractivity contribution in [3.05, 3.63) is 34.7 Å². The Morgan fingerprint density at radius 1 is 1.23 bits per heavy atom. The highest BCUT2D eigenvalue weighted by molar-refractivity contribution is 7.17. The largest absolute Gasteiger partial charge is 0.368 e. The van der Waals surface area contributed by atoms with E-state index in [1.54, 1.807) is 11.3 Å². The first-order valence-corrected chi connectivity index (χ1v) is 10.1. The lowest BCUT2D eigenvalue weighted by Gasteiger charge is -2.12. The molecule has 1 saturated heterocycles.